The van der Waals surface area contributed by atoms with Crippen LogP contribution in [0.2, 0.25) is 0 Å². The third-order valence-corrected chi connectivity index (χ3v) is 2.27. The average Bonchev–Trinajstić information content (AvgIpc) is 2.31. The number of nitrogens with zero attached hydrogens (tertiary/aromatic N) is 1. The quantitative estimate of drug-likeness (QED) is 0.616. The molecule has 1 N–H and O–H groups in total. The van der Waals surface area contributed by atoms with Gasteiger partial charge in [0.2, 0.25) is 0 Å². The summed E-state index contributed by atoms with van der Waals surface area (Å²) >= 11 is 0. The topological polar surface area (TPSA) is 33.8 Å². The average molecular weight is 215 g/mol. The lowest BCUT2D eigenvalue weighted by Crippen LogP contribution is -2.14. The zero-order chi connectivity index (χ0) is 12.0. The summed E-state index contributed by atoms with van der Waals surface area (Å²) in [5.41, 5.74) is 0.720. The summed E-state index contributed by atoms with van der Waals surface area (Å²) in [6, 6.07) is 6.46. The molecule has 0 aliphatic carbocycles. The van der Waals surface area contributed by atoms with Crippen molar-refractivity contribution >= 4 is 0 Å². The van der Waals surface area contributed by atoms with E-state index in [1.807, 2.05) is 0 Å². The standard InChI is InChI=1S/C13H13NO2/c1-4-6-12(15)13(14-2)10-7-5-8-11(9-10)16-3/h1,5,7-9,12-13,15H,6H2,3H3. The van der Waals surface area contributed by atoms with Crippen molar-refractivity contribution in [3.05, 3.63) is 41.2 Å². The number of rotatable bonds is 4. The van der Waals surface area contributed by atoms with Crippen molar-refractivity contribution in [2.45, 2.75) is 18.6 Å². The largest absolute Gasteiger partial charge is 0.497 e. The van der Waals surface area contributed by atoms with Crippen LogP contribution in [-0.2, 0) is 0 Å². The van der Waals surface area contributed by atoms with E-state index in [9.17, 15) is 5.11 Å². The van der Waals surface area contributed by atoms with Crippen LogP contribution in [0.5, 0.6) is 5.75 Å². The molecule has 0 aromatic heterocycles. The third-order valence-electron chi connectivity index (χ3n) is 2.27. The summed E-state index contributed by atoms with van der Waals surface area (Å²) in [5.74, 6) is 3.02. The van der Waals surface area contributed by atoms with Gasteiger partial charge < -0.3 is 14.7 Å². The molecule has 82 valence electrons. The van der Waals surface area contributed by atoms with E-state index in [4.69, 9.17) is 17.7 Å². The van der Waals surface area contributed by atoms with Gasteiger partial charge in [-0.1, -0.05) is 12.1 Å². The van der Waals surface area contributed by atoms with Crippen molar-refractivity contribution in [1.29, 1.82) is 0 Å². The molecule has 0 aliphatic heterocycles. The minimum absolute atomic E-state index is 0.171. The Morgan fingerprint density at radius 3 is 2.94 bits per heavy atom. The minimum atomic E-state index is -0.838. The Morgan fingerprint density at radius 2 is 2.38 bits per heavy atom. The number of terminal acetylenes is 1. The number of methoxy groups -OCH3 is 1. The summed E-state index contributed by atoms with van der Waals surface area (Å²) in [7, 11) is 1.56. The first-order valence-corrected chi connectivity index (χ1v) is 4.85. The maximum Gasteiger partial charge on any atom is 0.275 e. The zero-order valence-electron chi connectivity index (χ0n) is 9.05. The van der Waals surface area contributed by atoms with E-state index in [2.05, 4.69) is 10.8 Å². The van der Waals surface area contributed by atoms with E-state index in [1.165, 1.54) is 0 Å². The minimum Gasteiger partial charge on any atom is -0.497 e. The fourth-order valence-electron chi connectivity index (χ4n) is 1.44. The number of hydrogen-bond donors (Lipinski definition) is 1. The highest BCUT2D eigenvalue weighted by Crippen LogP contribution is 2.26. The molecule has 0 saturated heterocycles. The van der Waals surface area contributed by atoms with Crippen molar-refractivity contribution in [1.82, 2.24) is 0 Å². The van der Waals surface area contributed by atoms with Gasteiger partial charge in [-0.2, -0.15) is 0 Å². The van der Waals surface area contributed by atoms with Gasteiger partial charge in [0, 0.05) is 12.0 Å². The van der Waals surface area contributed by atoms with Gasteiger partial charge in [0.1, 0.15) is 11.9 Å². The maximum atomic E-state index is 9.73. The van der Waals surface area contributed by atoms with Gasteiger partial charge in [-0.15, -0.1) is 12.3 Å². The van der Waals surface area contributed by atoms with E-state index in [-0.39, 0.29) is 6.42 Å². The van der Waals surface area contributed by atoms with Gasteiger partial charge in [-0.05, 0) is 12.1 Å². The molecule has 3 heteroatoms. The highest BCUT2D eigenvalue weighted by Gasteiger charge is 2.25. The fourth-order valence-corrected chi connectivity index (χ4v) is 1.44. The number of hydrogen-bond acceptors (Lipinski definition) is 2. The molecule has 1 aromatic carbocycles. The van der Waals surface area contributed by atoms with Gasteiger partial charge in [-0.3, -0.25) is 0 Å². The van der Waals surface area contributed by atoms with Crippen molar-refractivity contribution in [2.24, 2.45) is 0 Å². The predicted molar refractivity (Wildman–Crippen MR) is 61.8 cm³/mol. The molecule has 3 nitrogen and oxygen atoms in total. The van der Waals surface area contributed by atoms with Gasteiger partial charge in [0.15, 0.2) is 0 Å². The molecule has 16 heavy (non-hydrogen) atoms. The lowest BCUT2D eigenvalue weighted by atomic mass is 10.00. The molecule has 2 unspecified atom stereocenters. The molecule has 0 aliphatic rings. The highest BCUT2D eigenvalue weighted by atomic mass is 16.5. The zero-order valence-corrected chi connectivity index (χ0v) is 9.05. The second-order valence-electron chi connectivity index (χ2n) is 3.33. The lowest BCUT2D eigenvalue weighted by molar-refractivity contribution is 0.163. The van der Waals surface area contributed by atoms with Gasteiger partial charge >= 0.3 is 0 Å². The van der Waals surface area contributed by atoms with Crippen LogP contribution in [-0.4, -0.2) is 18.3 Å². The maximum absolute atomic E-state index is 9.73. The van der Waals surface area contributed by atoms with E-state index >= 15 is 0 Å². The molecule has 1 rings (SSSR count). The summed E-state index contributed by atoms with van der Waals surface area (Å²) in [6.45, 7) is 7.09. The Balaban J connectivity index is 2.96. The molecule has 0 amide bonds. The molecule has 2 atom stereocenters. The third kappa shape index (κ3) is 2.76. The molecule has 1 aromatic rings. The number of aliphatic hydroxyl groups excluding tert-OH is 1. The summed E-state index contributed by atoms with van der Waals surface area (Å²) in [4.78, 5) is 3.40. The summed E-state index contributed by atoms with van der Waals surface area (Å²) in [6.07, 6.45) is 4.45. The van der Waals surface area contributed by atoms with E-state index in [0.717, 1.165) is 5.56 Å². The molecule has 0 bridgehead atoms. The smallest absolute Gasteiger partial charge is 0.275 e. The van der Waals surface area contributed by atoms with E-state index < -0.39 is 12.1 Å². The Hall–Kier alpha value is -1.97. The molecule has 0 fully saturated rings. The second kappa shape index (κ2) is 5.80. The summed E-state index contributed by atoms with van der Waals surface area (Å²) < 4.78 is 5.06. The highest BCUT2D eigenvalue weighted by molar-refractivity contribution is 5.32. The molecule has 0 radical (unpaired) electrons. The first kappa shape index (κ1) is 12.1. The second-order valence-corrected chi connectivity index (χ2v) is 3.33. The Labute approximate surface area is 95.5 Å². The van der Waals surface area contributed by atoms with Crippen molar-refractivity contribution in [3.8, 4) is 18.1 Å². The fraction of sp³-hybridized carbons (Fsp3) is 0.308. The Bertz CT molecular complexity index is 428. The molecule has 0 heterocycles. The van der Waals surface area contributed by atoms with Crippen LogP contribution in [0.15, 0.2) is 24.3 Å². The number of benzene rings is 1. The van der Waals surface area contributed by atoms with Gasteiger partial charge in [0.25, 0.3) is 6.04 Å². The van der Waals surface area contributed by atoms with Gasteiger partial charge in [0.05, 0.1) is 7.11 Å². The molecule has 0 spiro atoms. The first-order valence-electron chi connectivity index (χ1n) is 4.85. The van der Waals surface area contributed by atoms with Crippen LogP contribution in [0, 0.1) is 18.9 Å². The summed E-state index contributed by atoms with van der Waals surface area (Å²) in [5, 5.41) is 9.73. The lowest BCUT2D eigenvalue weighted by Gasteiger charge is -2.11. The molecular weight excluding hydrogens is 202 g/mol. The van der Waals surface area contributed by atoms with Crippen LogP contribution in [0.25, 0.3) is 4.85 Å². The van der Waals surface area contributed by atoms with Crippen molar-refractivity contribution in [3.63, 3.8) is 0 Å². The van der Waals surface area contributed by atoms with Crippen molar-refractivity contribution in [2.75, 3.05) is 7.11 Å². The van der Waals surface area contributed by atoms with Crippen LogP contribution in [0.3, 0.4) is 0 Å². The van der Waals surface area contributed by atoms with Crippen LogP contribution in [0.1, 0.15) is 18.0 Å². The van der Waals surface area contributed by atoms with Crippen molar-refractivity contribution < 1.29 is 9.84 Å². The van der Waals surface area contributed by atoms with E-state index in [0.29, 0.717) is 5.75 Å². The Kier molecular flexibility index (Phi) is 4.39. The van der Waals surface area contributed by atoms with Crippen LogP contribution < -0.4 is 4.74 Å². The SMILES string of the molecule is [C-]#[N+]C(c1cccc(OC)c1)C(O)CC#C. The first-order chi connectivity index (χ1) is 7.72. The monoisotopic (exact) mass is 215 g/mol. The molecular formula is C13H13NO2. The number of aliphatic hydroxyl groups is 1. The van der Waals surface area contributed by atoms with E-state index in [1.54, 1.807) is 31.4 Å². The van der Waals surface area contributed by atoms with Crippen LogP contribution >= 0.6 is 0 Å². The number of ether oxygens (including phenoxy) is 1. The Morgan fingerprint density at radius 1 is 1.62 bits per heavy atom. The van der Waals surface area contributed by atoms with Crippen LogP contribution in [0.4, 0.5) is 0 Å². The predicted octanol–water partition coefficient (Wildman–Crippen LogP) is 2.04. The van der Waals surface area contributed by atoms with Gasteiger partial charge in [-0.25, -0.2) is 6.57 Å². The molecule has 0 saturated carbocycles. The normalized spacial score (nSPS) is 13.2.